The largest absolute Gasteiger partial charge is 0.414 e. The van der Waals surface area contributed by atoms with Crippen LogP contribution < -0.4 is 0 Å². The van der Waals surface area contributed by atoms with E-state index >= 15 is 0 Å². The standard InChI is InChI=1S/C18H22F3NO2/c1-2-13(14-6-4-3-5-7-14)12-16(23)22-10-8-15(9-11-22)17(24)18(19,20)21/h2-7,13,15,17,24H,1,8-12H2. The van der Waals surface area contributed by atoms with Crippen LogP contribution in [0.1, 0.15) is 30.7 Å². The third kappa shape index (κ3) is 4.60. The number of likely N-dealkylation sites (tertiary alicyclic amines) is 1. The van der Waals surface area contributed by atoms with E-state index < -0.39 is 18.2 Å². The fraction of sp³-hybridized carbons (Fsp3) is 0.500. The number of aliphatic hydroxyl groups excluding tert-OH is 1. The topological polar surface area (TPSA) is 40.5 Å². The number of nitrogens with zero attached hydrogens (tertiary/aromatic N) is 1. The van der Waals surface area contributed by atoms with Gasteiger partial charge < -0.3 is 10.0 Å². The Balaban J connectivity index is 1.90. The summed E-state index contributed by atoms with van der Waals surface area (Å²) >= 11 is 0. The lowest BCUT2D eigenvalue weighted by Crippen LogP contribution is -2.45. The molecule has 2 atom stereocenters. The van der Waals surface area contributed by atoms with Gasteiger partial charge in [0.25, 0.3) is 0 Å². The molecule has 24 heavy (non-hydrogen) atoms. The van der Waals surface area contributed by atoms with Gasteiger partial charge in [0.2, 0.25) is 5.91 Å². The van der Waals surface area contributed by atoms with Crippen molar-refractivity contribution in [3.05, 3.63) is 48.6 Å². The number of aliphatic hydroxyl groups is 1. The molecule has 1 fully saturated rings. The molecule has 1 aliphatic heterocycles. The van der Waals surface area contributed by atoms with E-state index in [1.165, 1.54) is 0 Å². The minimum atomic E-state index is -4.60. The minimum absolute atomic E-state index is 0.0938. The molecule has 1 aromatic carbocycles. The van der Waals surface area contributed by atoms with Gasteiger partial charge in [-0.2, -0.15) is 13.2 Å². The number of rotatable bonds is 5. The van der Waals surface area contributed by atoms with Crippen molar-refractivity contribution in [2.75, 3.05) is 13.1 Å². The van der Waals surface area contributed by atoms with E-state index in [9.17, 15) is 23.1 Å². The van der Waals surface area contributed by atoms with Crippen molar-refractivity contribution in [2.45, 2.75) is 37.5 Å². The maximum Gasteiger partial charge on any atom is 0.414 e. The summed E-state index contributed by atoms with van der Waals surface area (Å²) in [6.45, 7) is 4.26. The van der Waals surface area contributed by atoms with Crippen LogP contribution in [0.25, 0.3) is 0 Å². The highest BCUT2D eigenvalue weighted by molar-refractivity contribution is 5.77. The van der Waals surface area contributed by atoms with Crippen LogP contribution in [0.4, 0.5) is 13.2 Å². The molecule has 0 saturated carbocycles. The van der Waals surface area contributed by atoms with Gasteiger partial charge in [-0.25, -0.2) is 0 Å². The number of benzene rings is 1. The van der Waals surface area contributed by atoms with E-state index in [1.807, 2.05) is 30.3 Å². The van der Waals surface area contributed by atoms with Crippen LogP contribution in [0.5, 0.6) is 0 Å². The second-order valence-corrected chi connectivity index (χ2v) is 6.16. The summed E-state index contributed by atoms with van der Waals surface area (Å²) in [6.07, 6.45) is -4.61. The lowest BCUT2D eigenvalue weighted by atomic mass is 9.90. The monoisotopic (exact) mass is 341 g/mol. The molecule has 132 valence electrons. The Bertz CT molecular complexity index is 551. The Morgan fingerprint density at radius 2 is 1.88 bits per heavy atom. The molecular formula is C18H22F3NO2. The van der Waals surface area contributed by atoms with Crippen molar-refractivity contribution in [3.8, 4) is 0 Å². The summed E-state index contributed by atoms with van der Waals surface area (Å²) < 4.78 is 37.7. The maximum absolute atomic E-state index is 12.6. The van der Waals surface area contributed by atoms with Crippen molar-refractivity contribution in [1.82, 2.24) is 4.90 Å². The van der Waals surface area contributed by atoms with Gasteiger partial charge in [-0.05, 0) is 24.3 Å². The zero-order valence-corrected chi connectivity index (χ0v) is 13.4. The normalized spacial score (nSPS) is 18.9. The molecule has 0 bridgehead atoms. The Labute approximate surface area is 139 Å². The zero-order chi connectivity index (χ0) is 17.7. The zero-order valence-electron chi connectivity index (χ0n) is 13.4. The SMILES string of the molecule is C=CC(CC(=O)N1CCC(C(O)C(F)(F)F)CC1)c1ccccc1. The molecule has 2 rings (SSSR count). The molecule has 0 radical (unpaired) electrons. The number of amides is 1. The molecule has 0 aliphatic carbocycles. The van der Waals surface area contributed by atoms with Gasteiger partial charge in [0, 0.05) is 25.4 Å². The van der Waals surface area contributed by atoms with Crippen LogP contribution in [-0.2, 0) is 4.79 Å². The molecule has 1 amide bonds. The molecule has 2 unspecified atom stereocenters. The van der Waals surface area contributed by atoms with E-state index in [-0.39, 0.29) is 44.2 Å². The lowest BCUT2D eigenvalue weighted by molar-refractivity contribution is -0.222. The quantitative estimate of drug-likeness (QED) is 0.833. The number of piperidine rings is 1. The van der Waals surface area contributed by atoms with Crippen molar-refractivity contribution in [1.29, 1.82) is 0 Å². The Hall–Kier alpha value is -1.82. The predicted octanol–water partition coefficient (Wildman–Crippen LogP) is 3.51. The van der Waals surface area contributed by atoms with E-state index in [1.54, 1.807) is 11.0 Å². The predicted molar refractivity (Wildman–Crippen MR) is 85.4 cm³/mol. The van der Waals surface area contributed by atoms with E-state index in [4.69, 9.17) is 0 Å². The molecule has 1 heterocycles. The molecule has 0 aromatic heterocycles. The van der Waals surface area contributed by atoms with Gasteiger partial charge in [-0.15, -0.1) is 6.58 Å². The highest BCUT2D eigenvalue weighted by Gasteiger charge is 2.44. The number of alkyl halides is 3. The van der Waals surface area contributed by atoms with Gasteiger partial charge >= 0.3 is 6.18 Å². The van der Waals surface area contributed by atoms with Gasteiger partial charge in [-0.1, -0.05) is 36.4 Å². The van der Waals surface area contributed by atoms with Crippen molar-refractivity contribution < 1.29 is 23.1 Å². The third-order valence-electron chi connectivity index (χ3n) is 4.58. The van der Waals surface area contributed by atoms with Crippen molar-refractivity contribution in [2.24, 2.45) is 5.92 Å². The third-order valence-corrected chi connectivity index (χ3v) is 4.58. The Morgan fingerprint density at radius 3 is 2.38 bits per heavy atom. The average molecular weight is 341 g/mol. The number of hydrogen-bond donors (Lipinski definition) is 1. The molecule has 3 nitrogen and oxygen atoms in total. The highest BCUT2D eigenvalue weighted by Crippen LogP contribution is 2.32. The van der Waals surface area contributed by atoms with Gasteiger partial charge in [-0.3, -0.25) is 4.79 Å². The number of allylic oxidation sites excluding steroid dienone is 1. The summed E-state index contributed by atoms with van der Waals surface area (Å²) in [5.74, 6) is -1.04. The minimum Gasteiger partial charge on any atom is -0.383 e. The van der Waals surface area contributed by atoms with Gasteiger partial charge in [0.15, 0.2) is 6.10 Å². The maximum atomic E-state index is 12.6. The molecule has 0 spiro atoms. The van der Waals surface area contributed by atoms with E-state index in [0.717, 1.165) is 5.56 Å². The van der Waals surface area contributed by atoms with Gasteiger partial charge in [0.05, 0.1) is 0 Å². The Kier molecular flexibility index (Phi) is 6.04. The van der Waals surface area contributed by atoms with Crippen LogP contribution in [0.15, 0.2) is 43.0 Å². The number of hydrogen-bond acceptors (Lipinski definition) is 2. The van der Waals surface area contributed by atoms with Crippen molar-refractivity contribution >= 4 is 5.91 Å². The molecule has 1 saturated heterocycles. The first-order valence-corrected chi connectivity index (χ1v) is 8.03. The van der Waals surface area contributed by atoms with E-state index in [2.05, 4.69) is 6.58 Å². The number of halogens is 3. The smallest absolute Gasteiger partial charge is 0.383 e. The summed E-state index contributed by atoms with van der Waals surface area (Å²) in [5, 5.41) is 9.33. The fourth-order valence-corrected chi connectivity index (χ4v) is 3.09. The molecule has 1 N–H and O–H groups in total. The first-order chi connectivity index (χ1) is 11.3. The highest BCUT2D eigenvalue weighted by atomic mass is 19.4. The van der Waals surface area contributed by atoms with Gasteiger partial charge in [0.1, 0.15) is 0 Å². The van der Waals surface area contributed by atoms with Crippen molar-refractivity contribution in [3.63, 3.8) is 0 Å². The molecule has 6 heteroatoms. The van der Waals surface area contributed by atoms with Crippen LogP contribution in [0, 0.1) is 5.92 Å². The summed E-state index contributed by atoms with van der Waals surface area (Å²) in [6, 6.07) is 9.51. The first kappa shape index (κ1) is 18.5. The van der Waals surface area contributed by atoms with Crippen LogP contribution in [0.3, 0.4) is 0 Å². The second kappa shape index (κ2) is 7.83. The summed E-state index contributed by atoms with van der Waals surface area (Å²) in [5.41, 5.74) is 0.989. The fourth-order valence-electron chi connectivity index (χ4n) is 3.09. The molecule has 1 aliphatic rings. The van der Waals surface area contributed by atoms with E-state index in [0.29, 0.717) is 0 Å². The van der Waals surface area contributed by atoms with Crippen LogP contribution >= 0.6 is 0 Å². The summed E-state index contributed by atoms with van der Waals surface area (Å²) in [4.78, 5) is 14.0. The molecular weight excluding hydrogens is 319 g/mol. The Morgan fingerprint density at radius 1 is 1.29 bits per heavy atom. The van der Waals surface area contributed by atoms with Crippen LogP contribution in [0.2, 0.25) is 0 Å². The first-order valence-electron chi connectivity index (χ1n) is 8.03. The average Bonchev–Trinajstić information content (AvgIpc) is 2.59. The summed E-state index contributed by atoms with van der Waals surface area (Å²) in [7, 11) is 0. The molecule has 1 aromatic rings. The van der Waals surface area contributed by atoms with Crippen LogP contribution in [-0.4, -0.2) is 41.3 Å². The second-order valence-electron chi connectivity index (χ2n) is 6.16. The number of carbonyl (C=O) groups is 1. The lowest BCUT2D eigenvalue weighted by Gasteiger charge is -2.35. The number of carbonyl (C=O) groups excluding carboxylic acids is 1.